The van der Waals surface area contributed by atoms with Crippen LogP contribution in [0.25, 0.3) is 191 Å². The van der Waals surface area contributed by atoms with Crippen LogP contribution in [0, 0.1) is 67.8 Å². The number of carbonyl (C=O) groups is 1. The van der Waals surface area contributed by atoms with Gasteiger partial charge < -0.3 is 32.4 Å². The van der Waals surface area contributed by atoms with Gasteiger partial charge in [-0.25, -0.2) is 9.78 Å². The molecular weight excluding hydrogens is 2220 g/mol. The van der Waals surface area contributed by atoms with Crippen LogP contribution in [0.2, 0.25) is 0 Å². The Labute approximate surface area is 849 Å². The molecule has 0 unspecified atom stereocenters. The van der Waals surface area contributed by atoms with Crippen LogP contribution in [-0.4, -0.2) is 59.5 Å². The van der Waals surface area contributed by atoms with Gasteiger partial charge in [0.05, 0.1) is 38.7 Å². The number of furan rings is 2. The van der Waals surface area contributed by atoms with E-state index in [2.05, 4.69) is 270 Å². The predicted molar refractivity (Wildman–Crippen MR) is 530 cm³/mol. The van der Waals surface area contributed by atoms with Crippen molar-refractivity contribution >= 4 is 159 Å². The molecule has 0 saturated carbocycles. The Morgan fingerprint density at radius 3 is 1.41 bits per heavy atom. The maximum atomic E-state index is 12.5. The summed E-state index contributed by atoms with van der Waals surface area (Å²) >= 11 is 2.55. The summed E-state index contributed by atoms with van der Waals surface area (Å²) in [6, 6.07) is 125. The number of halogens is 3. The molecule has 1 N–H and O–H groups in total. The third-order valence-corrected chi connectivity index (χ3v) is 24.7. The molecule has 3 radical (unpaired) electrons. The van der Waals surface area contributed by atoms with Gasteiger partial charge in [0.15, 0.2) is 0 Å². The normalized spacial score (nSPS) is 11.2. The van der Waals surface area contributed by atoms with Crippen molar-refractivity contribution in [2.75, 3.05) is 18.0 Å². The fraction of sp³-hybridized carbons (Fsp3) is 0.0531. The van der Waals surface area contributed by atoms with Crippen molar-refractivity contribution in [3.05, 3.63) is 428 Å². The van der Waals surface area contributed by atoms with E-state index in [-0.39, 0.29) is 106 Å². The quantitative estimate of drug-likeness (QED) is 0.0236. The van der Waals surface area contributed by atoms with Gasteiger partial charge in [-0.3, -0.25) is 19.4 Å². The van der Waals surface area contributed by atoms with Gasteiger partial charge in [-0.15, -0.1) is 22.7 Å². The molecule has 0 aliphatic carbocycles. The van der Waals surface area contributed by atoms with Crippen LogP contribution in [0.1, 0.15) is 18.7 Å². The number of hydrogen-bond donors (Lipinski definition) is 1. The monoisotopic (exact) mass is 2300 g/mol. The first-order chi connectivity index (χ1) is 64.7. The van der Waals surface area contributed by atoms with Gasteiger partial charge in [-0.2, -0.15) is 54.7 Å². The van der Waals surface area contributed by atoms with Crippen LogP contribution in [0.4, 0.5) is 18.9 Å². The minimum Gasteiger partial charge on any atom is -0.521 e. The van der Waals surface area contributed by atoms with Gasteiger partial charge in [0.1, 0.15) is 27.5 Å². The number of imidazole rings is 1. The summed E-state index contributed by atoms with van der Waals surface area (Å²) < 4.78 is 59.3. The van der Waals surface area contributed by atoms with E-state index in [1.54, 1.807) is 34.7 Å². The van der Waals surface area contributed by atoms with Crippen molar-refractivity contribution in [3.63, 3.8) is 0 Å². The number of anilines is 1. The van der Waals surface area contributed by atoms with Crippen molar-refractivity contribution in [2.45, 2.75) is 20.0 Å². The Bertz CT molecular complexity index is 8000. The first-order valence-electron chi connectivity index (χ1n) is 42.8. The van der Waals surface area contributed by atoms with E-state index in [1.807, 2.05) is 156 Å². The molecule has 9 aromatic heterocycles. The third-order valence-electron chi connectivity index (χ3n) is 22.8. The number of benzene rings is 15. The van der Waals surface area contributed by atoms with Crippen LogP contribution < -0.4 is 15.1 Å². The molecule has 0 fully saturated rings. The van der Waals surface area contributed by atoms with Crippen molar-refractivity contribution in [3.8, 4) is 66.5 Å². The van der Waals surface area contributed by atoms with Crippen molar-refractivity contribution < 1.29 is 130 Å². The summed E-state index contributed by atoms with van der Waals surface area (Å²) in [7, 11) is 1.94. The van der Waals surface area contributed by atoms with Crippen molar-refractivity contribution in [1.82, 2.24) is 29.3 Å². The molecule has 0 bridgehead atoms. The van der Waals surface area contributed by atoms with E-state index in [9.17, 15) is 22.8 Å². The fourth-order valence-electron chi connectivity index (χ4n) is 16.8. The number of aromatic nitrogens is 7. The molecule has 15 aromatic carbocycles. The smallest absolute Gasteiger partial charge is 0.454 e. The number of thiophene rings is 1. The third kappa shape index (κ3) is 20.0. The van der Waals surface area contributed by atoms with E-state index in [0.29, 0.717) is 16.2 Å². The molecule has 14 nitrogen and oxygen atoms in total. The summed E-state index contributed by atoms with van der Waals surface area (Å²) in [6.45, 7) is 6.05. The molecule has 135 heavy (non-hydrogen) atoms. The molecule has 0 saturated heterocycles. The second-order valence-electron chi connectivity index (χ2n) is 30.9. The zero-order chi connectivity index (χ0) is 90.2. The van der Waals surface area contributed by atoms with Gasteiger partial charge in [0, 0.05) is 196 Å². The summed E-state index contributed by atoms with van der Waals surface area (Å²) in [5.74, 6) is -2.73. The second kappa shape index (κ2) is 42.7. The Balaban J connectivity index is 0.000000123. The number of allylic oxidation sites excluding steroid dienone is 1. The average molecular weight is 2300 g/mol. The molecule has 0 atom stereocenters. The SMILES string of the molecule is CCN(CC)c1ccc2cc(-c3nc4ccccc4s3)c(=O)oc2c1.C[n+]1[c-]n(-c2[c-]ccc3c2oc2ccccc23)cc1.O=C(C=C(O)c1cccs1)C(F)(F)F.[Eu].[Ir].[Ir].[c-]1ccc2c(oc3ccccc32)c1-n1cccn1.c1ccc(-c2c3ccccc3c(-c3ccccc3)c3c(-c4ccccc4)c4ccccc4c(-c4ccccc4)c23)cc1.c1cnc2c(c1)ccc1cccnc12. The molecule has 24 rings (SSSR count). The number of aliphatic hydroxyl groups is 1. The van der Waals surface area contributed by atoms with Crippen molar-refractivity contribution in [1.29, 1.82) is 0 Å². The molecule has 0 amide bonds. The number of hydrogen-bond acceptors (Lipinski definition) is 13. The van der Waals surface area contributed by atoms with Gasteiger partial charge >= 0.3 is 11.8 Å². The van der Waals surface area contributed by atoms with E-state index in [4.69, 9.17) is 18.4 Å². The summed E-state index contributed by atoms with van der Waals surface area (Å²) in [6.07, 6.45) is 9.52. The molecule has 24 aromatic rings. The first-order valence-corrected chi connectivity index (χ1v) is 44.5. The number of aryl methyl sites for hydroxylation is 1. The Kier molecular flexibility index (Phi) is 29.9. The molecule has 0 aliphatic heterocycles. The summed E-state index contributed by atoms with van der Waals surface area (Å²) in [4.78, 5) is 38.6. The number of carbonyl (C=O) groups excluding carboxylic acids is 1. The molecular formula is C113H79EuF3Ir2N8O6S2-2. The van der Waals surface area contributed by atoms with Crippen LogP contribution in [0.5, 0.6) is 0 Å². The van der Waals surface area contributed by atoms with Gasteiger partial charge in [-0.05, 0) is 174 Å². The zero-order valence-electron chi connectivity index (χ0n) is 72.5. The molecule has 0 spiro atoms. The molecule has 0 aliphatic rings. The number of aliphatic hydroxyl groups excluding tert-OH is 1. The number of rotatable bonds is 12. The standard InChI is InChI=1S/C42H28.C20H18N2O2S.C16H11N2O.C15H9N2O.C12H8N2.C8H5F3O2S.Eu.2Ir/c1-5-17-29(18-6-1)37-33-25-13-14-26-34(33)39(31-21-9-3-10-22-31)42-40(32-23-11-4-12-24-32)36-28-16-15-27-35(36)38(41(37)42)30-19-7-2-8-20-30;1-3-22(4-2)14-10-9-13-11-15(20(23)24-17(13)12-14)19-21-16-7-5-6-8-18(16)25-19;1-17-9-10-18(11-17)14-7-4-6-13-12-5-2-3-8-15(12)19-16(13)14;1-2-8-14-11(5-1)12-6-3-7-13(15(12)18-14)17-10-4-9-16-17;1-3-9-5-6-10-4-2-8-14-12(10)11(9)13-7-1;9-8(10,11)7(13)4-5(12)6-2-1-3-14-6;;;/h1-28H;5-12H,3-4H2,1-2H3;2-6,8-10H,1H3;1-6,8-10H;1-8H;1-4,12H;;;/q;;2*-1;;;;;. The molecule has 667 valence electrons. The number of alkyl halides is 3. The van der Waals surface area contributed by atoms with Crippen LogP contribution in [0.15, 0.2) is 412 Å². The number of fused-ring (bicyclic) bond motifs is 14. The van der Waals surface area contributed by atoms with Crippen LogP contribution >= 0.6 is 22.7 Å². The van der Waals surface area contributed by atoms with Crippen LogP contribution in [0.3, 0.4) is 0 Å². The number of para-hydroxylation sites is 3. The number of ketones is 1. The molecule has 22 heteroatoms. The second-order valence-corrected chi connectivity index (χ2v) is 32.9. The van der Waals surface area contributed by atoms with Crippen LogP contribution in [-0.2, 0) is 52.1 Å². The Morgan fingerprint density at radius 1 is 0.489 bits per heavy atom. The van der Waals surface area contributed by atoms with E-state index >= 15 is 0 Å². The fourth-order valence-corrected chi connectivity index (χ4v) is 18.4. The maximum absolute atomic E-state index is 12.5. The first kappa shape index (κ1) is 94.6. The van der Waals surface area contributed by atoms with Crippen molar-refractivity contribution in [2.24, 2.45) is 7.05 Å². The van der Waals surface area contributed by atoms with E-state index < -0.39 is 17.7 Å². The number of pyridine rings is 2. The predicted octanol–water partition coefficient (Wildman–Crippen LogP) is 28.7. The Hall–Kier alpha value is -13.6. The minimum absolute atomic E-state index is 0. The minimum atomic E-state index is -4.94. The zero-order valence-corrected chi connectivity index (χ0v) is 81.4. The maximum Gasteiger partial charge on any atom is 0.454 e. The number of thiazole rings is 1. The van der Waals surface area contributed by atoms with E-state index in [0.717, 1.165) is 123 Å². The molecule has 9 heterocycles. The summed E-state index contributed by atoms with van der Waals surface area (Å²) in [5.41, 5.74) is 19.9. The van der Waals surface area contributed by atoms with E-state index in [1.165, 1.54) is 94.2 Å². The van der Waals surface area contributed by atoms with Gasteiger partial charge in [-0.1, -0.05) is 259 Å². The number of nitrogens with zero attached hydrogens (tertiary/aromatic N) is 8. The Morgan fingerprint density at radius 2 is 0.956 bits per heavy atom. The summed E-state index contributed by atoms with van der Waals surface area (Å²) in [5, 5.41) is 30.9. The topological polar surface area (TPSA) is 162 Å². The van der Waals surface area contributed by atoms with Gasteiger partial charge in [0.2, 0.25) is 6.33 Å². The largest absolute Gasteiger partial charge is 0.521 e. The average Bonchev–Trinajstić information content (AvgIpc) is 1.34. The van der Waals surface area contributed by atoms with Gasteiger partial charge in [0.25, 0.3) is 5.78 Å².